The SMILES string of the molecule is FC#CC(F)(F)C(F)(F)C(F)F. The van der Waals surface area contributed by atoms with Gasteiger partial charge in [0.2, 0.25) is 0 Å². The van der Waals surface area contributed by atoms with Gasteiger partial charge in [-0.2, -0.15) is 17.6 Å². The quantitative estimate of drug-likeness (QED) is 0.467. The Morgan fingerprint density at radius 1 is 1.00 bits per heavy atom. The lowest BCUT2D eigenvalue weighted by atomic mass is 10.2. The lowest BCUT2D eigenvalue weighted by molar-refractivity contribution is -0.237. The highest BCUT2D eigenvalue weighted by Gasteiger charge is 2.62. The largest absolute Gasteiger partial charge is 0.380 e. The van der Waals surface area contributed by atoms with Crippen LogP contribution in [0.4, 0.5) is 30.7 Å². The zero-order chi connectivity index (χ0) is 9.99. The third-order valence-electron chi connectivity index (χ3n) is 0.897. The van der Waals surface area contributed by atoms with E-state index in [1.807, 2.05) is 0 Å². The molecule has 0 heterocycles. The molecule has 0 amide bonds. The van der Waals surface area contributed by atoms with Crippen molar-refractivity contribution in [3.63, 3.8) is 0 Å². The predicted molar refractivity (Wildman–Crippen MR) is 24.8 cm³/mol. The summed E-state index contributed by atoms with van der Waals surface area (Å²) in [6.07, 6.45) is -4.63. The third-order valence-corrected chi connectivity index (χ3v) is 0.897. The molecule has 12 heavy (non-hydrogen) atoms. The Bertz CT molecular complexity index is 208. The van der Waals surface area contributed by atoms with Gasteiger partial charge in [0, 0.05) is 5.92 Å². The summed E-state index contributed by atoms with van der Waals surface area (Å²) in [6.45, 7) is 0. The van der Waals surface area contributed by atoms with Crippen LogP contribution in [-0.4, -0.2) is 18.3 Å². The molecule has 70 valence electrons. The maximum absolute atomic E-state index is 11.8. The molecule has 0 spiro atoms. The van der Waals surface area contributed by atoms with E-state index in [0.717, 1.165) is 0 Å². The van der Waals surface area contributed by atoms with E-state index in [4.69, 9.17) is 0 Å². The van der Waals surface area contributed by atoms with Gasteiger partial charge in [-0.15, -0.1) is 4.39 Å². The van der Waals surface area contributed by atoms with Gasteiger partial charge >= 0.3 is 18.3 Å². The molecule has 0 saturated carbocycles. The molecular formula is C5HF7. The molecule has 0 aliphatic rings. The summed E-state index contributed by atoms with van der Waals surface area (Å²) in [5.41, 5.74) is 0. The Labute approximate surface area is 62.4 Å². The van der Waals surface area contributed by atoms with Gasteiger partial charge in [0.05, 0.1) is 0 Å². The van der Waals surface area contributed by atoms with Crippen LogP contribution in [0, 0.1) is 12.1 Å². The molecule has 0 bridgehead atoms. The highest BCUT2D eigenvalue weighted by Crippen LogP contribution is 2.38. The van der Waals surface area contributed by atoms with Crippen LogP contribution < -0.4 is 0 Å². The Hall–Kier alpha value is -0.930. The number of hydrogen-bond donors (Lipinski definition) is 0. The summed E-state index contributed by atoms with van der Waals surface area (Å²) in [5, 5.41) is 0. The van der Waals surface area contributed by atoms with Gasteiger partial charge < -0.3 is 0 Å². The van der Waals surface area contributed by atoms with Gasteiger partial charge in [0.15, 0.2) is 0 Å². The summed E-state index contributed by atoms with van der Waals surface area (Å²) in [5.74, 6) is -10.9. The van der Waals surface area contributed by atoms with Crippen molar-refractivity contribution in [3.8, 4) is 12.1 Å². The predicted octanol–water partition coefficient (Wildman–Crippen LogP) is 2.45. The lowest BCUT2D eigenvalue weighted by Crippen LogP contribution is -2.45. The Morgan fingerprint density at radius 2 is 1.42 bits per heavy atom. The van der Waals surface area contributed by atoms with Gasteiger partial charge in [-0.3, -0.25) is 0 Å². The Kier molecular flexibility index (Phi) is 2.96. The summed E-state index contributed by atoms with van der Waals surface area (Å²) < 4.78 is 80.4. The van der Waals surface area contributed by atoms with E-state index in [0.29, 0.717) is 0 Å². The standard InChI is InChI=1S/C5HF7/c6-2-1-4(9,10)5(11,12)3(7)8/h3H. The van der Waals surface area contributed by atoms with Gasteiger partial charge in [0.1, 0.15) is 6.17 Å². The van der Waals surface area contributed by atoms with Gasteiger partial charge in [-0.1, -0.05) is 0 Å². The molecule has 0 fully saturated rings. The maximum atomic E-state index is 11.8. The third kappa shape index (κ3) is 1.81. The normalized spacial score (nSPS) is 12.7. The molecule has 0 aromatic heterocycles. The van der Waals surface area contributed by atoms with Crippen LogP contribution in [0.5, 0.6) is 0 Å². The smallest absolute Gasteiger partial charge is 0.203 e. The average molecular weight is 194 g/mol. The van der Waals surface area contributed by atoms with E-state index in [1.54, 1.807) is 0 Å². The van der Waals surface area contributed by atoms with Gasteiger partial charge in [-0.25, -0.2) is 8.78 Å². The maximum Gasteiger partial charge on any atom is 0.380 e. The topological polar surface area (TPSA) is 0 Å². The molecule has 0 aromatic rings. The van der Waals surface area contributed by atoms with E-state index in [1.165, 1.54) is 0 Å². The zero-order valence-electron chi connectivity index (χ0n) is 5.22. The molecule has 0 N–H and O–H groups in total. The summed E-state index contributed by atoms with van der Waals surface area (Å²) in [7, 11) is 0. The molecular weight excluding hydrogens is 193 g/mol. The first-order valence-corrected chi connectivity index (χ1v) is 2.42. The first-order chi connectivity index (χ1) is 5.25. The van der Waals surface area contributed by atoms with E-state index >= 15 is 0 Å². The minimum absolute atomic E-state index is 0.0444. The number of rotatable bonds is 2. The fourth-order valence-electron chi connectivity index (χ4n) is 0.280. The molecule has 0 aromatic carbocycles. The summed E-state index contributed by atoms with van der Waals surface area (Å²) in [6, 6.07) is 0. The molecule has 0 aliphatic heterocycles. The minimum atomic E-state index is -5.63. The molecule has 0 rings (SSSR count). The monoisotopic (exact) mass is 194 g/mol. The van der Waals surface area contributed by atoms with Crippen molar-refractivity contribution in [1.82, 2.24) is 0 Å². The highest BCUT2D eigenvalue weighted by atomic mass is 19.3. The Morgan fingerprint density at radius 3 is 1.67 bits per heavy atom. The van der Waals surface area contributed by atoms with E-state index < -0.39 is 18.3 Å². The van der Waals surface area contributed by atoms with Crippen molar-refractivity contribution in [2.75, 3.05) is 0 Å². The van der Waals surface area contributed by atoms with Gasteiger partial charge in [-0.05, 0) is 0 Å². The second-order valence-electron chi connectivity index (χ2n) is 1.72. The van der Waals surface area contributed by atoms with E-state index in [2.05, 4.69) is 0 Å². The second-order valence-corrected chi connectivity index (χ2v) is 1.72. The van der Waals surface area contributed by atoms with Crippen LogP contribution in [0.2, 0.25) is 0 Å². The van der Waals surface area contributed by atoms with E-state index in [9.17, 15) is 30.7 Å². The number of alkyl halides is 6. The first-order valence-electron chi connectivity index (χ1n) is 2.42. The number of hydrogen-bond acceptors (Lipinski definition) is 0. The van der Waals surface area contributed by atoms with Crippen LogP contribution in [0.1, 0.15) is 0 Å². The van der Waals surface area contributed by atoms with Crippen LogP contribution in [-0.2, 0) is 0 Å². The second kappa shape index (κ2) is 3.21. The van der Waals surface area contributed by atoms with Crippen molar-refractivity contribution in [2.24, 2.45) is 0 Å². The van der Waals surface area contributed by atoms with Crippen LogP contribution in [0.25, 0.3) is 0 Å². The lowest BCUT2D eigenvalue weighted by Gasteiger charge is -2.20. The van der Waals surface area contributed by atoms with Crippen molar-refractivity contribution in [3.05, 3.63) is 0 Å². The summed E-state index contributed by atoms with van der Waals surface area (Å²) in [4.78, 5) is 0. The van der Waals surface area contributed by atoms with Crippen LogP contribution >= 0.6 is 0 Å². The summed E-state index contributed by atoms with van der Waals surface area (Å²) >= 11 is 0. The van der Waals surface area contributed by atoms with Crippen molar-refractivity contribution >= 4 is 0 Å². The molecule has 7 heteroatoms. The van der Waals surface area contributed by atoms with Gasteiger partial charge in [0.25, 0.3) is 0 Å². The van der Waals surface area contributed by atoms with Crippen molar-refractivity contribution in [2.45, 2.75) is 18.3 Å². The van der Waals surface area contributed by atoms with Crippen LogP contribution in [0.3, 0.4) is 0 Å². The highest BCUT2D eigenvalue weighted by molar-refractivity contribution is 5.11. The van der Waals surface area contributed by atoms with E-state index in [-0.39, 0.29) is 12.1 Å². The molecule has 0 aliphatic carbocycles. The molecule has 0 saturated heterocycles. The number of halogens is 7. The van der Waals surface area contributed by atoms with Crippen molar-refractivity contribution < 1.29 is 30.7 Å². The average Bonchev–Trinajstić information content (AvgIpc) is 1.86. The minimum Gasteiger partial charge on any atom is -0.203 e. The molecule has 0 nitrogen and oxygen atoms in total. The van der Waals surface area contributed by atoms with Crippen LogP contribution in [0.15, 0.2) is 0 Å². The fraction of sp³-hybridized carbons (Fsp3) is 0.600. The fourth-order valence-corrected chi connectivity index (χ4v) is 0.280. The zero-order valence-corrected chi connectivity index (χ0v) is 5.22. The molecule has 0 atom stereocenters. The first kappa shape index (κ1) is 11.1. The Balaban J connectivity index is 4.83. The molecule has 0 unspecified atom stereocenters. The molecule has 0 radical (unpaired) electrons. The van der Waals surface area contributed by atoms with Crippen molar-refractivity contribution in [1.29, 1.82) is 0 Å².